The molecule has 0 saturated carbocycles. The van der Waals surface area contributed by atoms with Gasteiger partial charge in [-0.15, -0.1) is 0 Å². The van der Waals surface area contributed by atoms with E-state index in [1.54, 1.807) is 0 Å². The van der Waals surface area contributed by atoms with Crippen LogP contribution in [-0.4, -0.2) is 16.3 Å². The van der Waals surface area contributed by atoms with Crippen molar-refractivity contribution in [3.63, 3.8) is 0 Å². The Morgan fingerprint density at radius 1 is 1.32 bits per heavy atom. The van der Waals surface area contributed by atoms with Crippen molar-refractivity contribution < 1.29 is 13.6 Å². The molecule has 3 nitrogen and oxygen atoms in total. The minimum atomic E-state index is -0.850. The number of aromatic nitrogens is 2. The summed E-state index contributed by atoms with van der Waals surface area (Å²) < 4.78 is 27.9. The molecule has 0 aliphatic rings. The molecule has 1 aromatic carbocycles. The second-order valence-corrected chi connectivity index (χ2v) is 4.87. The van der Waals surface area contributed by atoms with E-state index in [4.69, 9.17) is 11.6 Å². The van der Waals surface area contributed by atoms with Crippen molar-refractivity contribution in [1.82, 2.24) is 9.97 Å². The van der Waals surface area contributed by atoms with E-state index in [1.807, 2.05) is 0 Å². The Bertz CT molecular complexity index is 679. The van der Waals surface area contributed by atoms with E-state index in [-0.39, 0.29) is 26.7 Å². The summed E-state index contributed by atoms with van der Waals surface area (Å²) in [4.78, 5) is 18.7. The first-order valence-electron chi connectivity index (χ1n) is 5.09. The van der Waals surface area contributed by atoms with Gasteiger partial charge in [-0.2, -0.15) is 0 Å². The maximum absolute atomic E-state index is 14.0. The van der Waals surface area contributed by atoms with Crippen molar-refractivity contribution in [1.29, 1.82) is 0 Å². The second kappa shape index (κ2) is 5.30. The molecule has 0 atom stereocenters. The Morgan fingerprint density at radius 2 is 2.00 bits per heavy atom. The molecule has 0 radical (unpaired) electrons. The van der Waals surface area contributed by atoms with Gasteiger partial charge in [0.1, 0.15) is 22.6 Å². The molecular formula is C12H6BrClF2N2O. The monoisotopic (exact) mass is 346 g/mol. The average molecular weight is 348 g/mol. The zero-order chi connectivity index (χ0) is 14.2. The number of aryl methyl sites for hydroxylation is 1. The summed E-state index contributed by atoms with van der Waals surface area (Å²) in [5, 5.41) is -0.142. The molecule has 2 rings (SSSR count). The number of halogens is 4. The van der Waals surface area contributed by atoms with Crippen LogP contribution in [0.5, 0.6) is 0 Å². The Hall–Kier alpha value is -1.40. The van der Waals surface area contributed by atoms with Gasteiger partial charge in [-0.1, -0.05) is 11.6 Å². The highest BCUT2D eigenvalue weighted by molar-refractivity contribution is 9.10. The maximum Gasteiger partial charge on any atom is 0.155 e. The first-order chi connectivity index (χ1) is 8.95. The SMILES string of the molecule is Cc1nc(Cl)c(C=O)c(-c2c(F)ccc(Br)c2F)n1. The van der Waals surface area contributed by atoms with Crippen molar-refractivity contribution >= 4 is 33.8 Å². The van der Waals surface area contributed by atoms with Gasteiger partial charge in [0.25, 0.3) is 0 Å². The second-order valence-electron chi connectivity index (χ2n) is 3.66. The molecule has 98 valence electrons. The van der Waals surface area contributed by atoms with Gasteiger partial charge in [-0.25, -0.2) is 18.7 Å². The molecule has 0 saturated heterocycles. The molecule has 0 aliphatic heterocycles. The maximum atomic E-state index is 14.0. The Morgan fingerprint density at radius 3 is 2.63 bits per heavy atom. The lowest BCUT2D eigenvalue weighted by atomic mass is 10.1. The molecule has 0 N–H and O–H groups in total. The van der Waals surface area contributed by atoms with E-state index in [1.165, 1.54) is 13.0 Å². The normalized spacial score (nSPS) is 10.6. The largest absolute Gasteiger partial charge is 0.298 e. The van der Waals surface area contributed by atoms with Crippen molar-refractivity contribution in [3.8, 4) is 11.3 Å². The van der Waals surface area contributed by atoms with E-state index in [0.717, 1.165) is 6.07 Å². The number of carbonyl (C=O) groups is 1. The predicted molar refractivity (Wildman–Crippen MR) is 70.2 cm³/mol. The van der Waals surface area contributed by atoms with Crippen LogP contribution >= 0.6 is 27.5 Å². The van der Waals surface area contributed by atoms with E-state index in [2.05, 4.69) is 25.9 Å². The van der Waals surface area contributed by atoms with Crippen molar-refractivity contribution in [2.24, 2.45) is 0 Å². The van der Waals surface area contributed by atoms with Gasteiger partial charge in [0, 0.05) is 0 Å². The molecule has 19 heavy (non-hydrogen) atoms. The Labute approximate surface area is 120 Å². The van der Waals surface area contributed by atoms with Crippen LogP contribution in [0.4, 0.5) is 8.78 Å². The Balaban J connectivity index is 2.86. The summed E-state index contributed by atoms with van der Waals surface area (Å²) in [6.45, 7) is 1.51. The van der Waals surface area contributed by atoms with E-state index in [9.17, 15) is 13.6 Å². The first-order valence-corrected chi connectivity index (χ1v) is 6.26. The summed E-state index contributed by atoms with van der Waals surface area (Å²) in [7, 11) is 0. The van der Waals surface area contributed by atoms with Crippen LogP contribution in [0.2, 0.25) is 5.15 Å². The minimum absolute atomic E-state index is 0.0631. The highest BCUT2D eigenvalue weighted by Gasteiger charge is 2.21. The fourth-order valence-electron chi connectivity index (χ4n) is 1.59. The molecule has 0 amide bonds. The summed E-state index contributed by atoms with van der Waals surface area (Å²) in [5.41, 5.74) is -0.726. The number of aldehydes is 1. The summed E-state index contributed by atoms with van der Waals surface area (Å²) in [6, 6.07) is 2.30. The van der Waals surface area contributed by atoms with Gasteiger partial charge in [0.2, 0.25) is 0 Å². The first kappa shape index (κ1) is 14.0. The number of hydrogen-bond donors (Lipinski definition) is 0. The highest BCUT2D eigenvalue weighted by Crippen LogP contribution is 2.32. The van der Waals surface area contributed by atoms with Crippen LogP contribution in [0.1, 0.15) is 16.2 Å². The topological polar surface area (TPSA) is 42.9 Å². The third-order valence-electron chi connectivity index (χ3n) is 2.41. The van der Waals surface area contributed by atoms with Gasteiger partial charge in [-0.05, 0) is 35.0 Å². The average Bonchev–Trinajstić information content (AvgIpc) is 2.34. The summed E-state index contributed by atoms with van der Waals surface area (Å²) in [6.07, 6.45) is 0.372. The van der Waals surface area contributed by atoms with Gasteiger partial charge < -0.3 is 0 Å². The molecule has 1 heterocycles. The van der Waals surface area contributed by atoms with Crippen molar-refractivity contribution in [2.75, 3.05) is 0 Å². The molecule has 0 spiro atoms. The lowest BCUT2D eigenvalue weighted by Gasteiger charge is -2.09. The number of carbonyl (C=O) groups excluding carboxylic acids is 1. The predicted octanol–water partition coefficient (Wildman–Crippen LogP) is 3.96. The molecule has 2 aromatic rings. The fourth-order valence-corrected chi connectivity index (χ4v) is 2.17. The van der Waals surface area contributed by atoms with Gasteiger partial charge in [0.05, 0.1) is 21.3 Å². The molecule has 7 heteroatoms. The van der Waals surface area contributed by atoms with Crippen LogP contribution in [0, 0.1) is 18.6 Å². The summed E-state index contributed by atoms with van der Waals surface area (Å²) >= 11 is 8.74. The molecule has 0 fully saturated rings. The number of rotatable bonds is 2. The summed E-state index contributed by atoms with van der Waals surface area (Å²) in [5.74, 6) is -1.47. The van der Waals surface area contributed by atoms with Gasteiger partial charge >= 0.3 is 0 Å². The molecule has 0 unspecified atom stereocenters. The molecule has 0 aliphatic carbocycles. The quantitative estimate of drug-likeness (QED) is 0.469. The molecule has 0 bridgehead atoms. The number of nitrogens with zero attached hydrogens (tertiary/aromatic N) is 2. The standard InChI is InChI=1S/C12H6BrClF2N2O/c1-5-17-11(6(4-19)12(14)18-5)9-8(15)3-2-7(13)10(9)16/h2-4H,1H3. The third kappa shape index (κ3) is 2.50. The fraction of sp³-hybridized carbons (Fsp3) is 0.0833. The lowest BCUT2D eigenvalue weighted by molar-refractivity contribution is 0.112. The van der Waals surface area contributed by atoms with Crippen LogP contribution in [0.15, 0.2) is 16.6 Å². The van der Waals surface area contributed by atoms with Crippen LogP contribution in [0.3, 0.4) is 0 Å². The number of benzene rings is 1. The third-order valence-corrected chi connectivity index (χ3v) is 3.31. The van der Waals surface area contributed by atoms with Crippen LogP contribution in [0.25, 0.3) is 11.3 Å². The Kier molecular flexibility index (Phi) is 3.91. The molecule has 1 aromatic heterocycles. The van der Waals surface area contributed by atoms with E-state index < -0.39 is 17.2 Å². The lowest BCUT2D eigenvalue weighted by Crippen LogP contribution is -2.03. The molecular weight excluding hydrogens is 341 g/mol. The van der Waals surface area contributed by atoms with Crippen molar-refractivity contribution in [2.45, 2.75) is 6.92 Å². The van der Waals surface area contributed by atoms with Gasteiger partial charge in [0.15, 0.2) is 6.29 Å². The zero-order valence-electron chi connectivity index (χ0n) is 9.55. The smallest absolute Gasteiger partial charge is 0.155 e. The van der Waals surface area contributed by atoms with E-state index >= 15 is 0 Å². The van der Waals surface area contributed by atoms with E-state index in [0.29, 0.717) is 6.29 Å². The van der Waals surface area contributed by atoms with Gasteiger partial charge in [-0.3, -0.25) is 4.79 Å². The zero-order valence-corrected chi connectivity index (χ0v) is 11.9. The minimum Gasteiger partial charge on any atom is -0.298 e. The van der Waals surface area contributed by atoms with Crippen LogP contribution < -0.4 is 0 Å². The van der Waals surface area contributed by atoms with Crippen LogP contribution in [-0.2, 0) is 0 Å². The van der Waals surface area contributed by atoms with Crippen molar-refractivity contribution in [3.05, 3.63) is 44.8 Å². The highest BCUT2D eigenvalue weighted by atomic mass is 79.9. The number of hydrogen-bond acceptors (Lipinski definition) is 3.